The van der Waals surface area contributed by atoms with Crippen LogP contribution in [0.2, 0.25) is 0 Å². The van der Waals surface area contributed by atoms with Crippen LogP contribution in [-0.4, -0.2) is 23.4 Å². The zero-order valence-electron chi connectivity index (χ0n) is 12.6. The number of hydrogen-bond donors (Lipinski definition) is 1. The van der Waals surface area contributed by atoms with Crippen molar-refractivity contribution in [3.8, 4) is 5.69 Å². The van der Waals surface area contributed by atoms with E-state index in [-0.39, 0.29) is 5.82 Å². The predicted octanol–water partition coefficient (Wildman–Crippen LogP) is 3.09. The second-order valence-electron chi connectivity index (χ2n) is 5.20. The Labute approximate surface area is 119 Å². The van der Waals surface area contributed by atoms with Gasteiger partial charge in [-0.05, 0) is 76.5 Å². The maximum atomic E-state index is 13.2. The lowest BCUT2D eigenvalue weighted by atomic mass is 10.1. The van der Waals surface area contributed by atoms with Gasteiger partial charge in [0.1, 0.15) is 5.82 Å². The fraction of sp³-hybridized carbons (Fsp3) is 0.438. The fourth-order valence-corrected chi connectivity index (χ4v) is 2.57. The molecule has 3 nitrogen and oxygen atoms in total. The molecule has 0 unspecified atom stereocenters. The molecule has 0 aliphatic heterocycles. The Kier molecular flexibility index (Phi) is 4.55. The molecular weight excluding hydrogens is 253 g/mol. The van der Waals surface area contributed by atoms with Gasteiger partial charge in [0.25, 0.3) is 0 Å². The van der Waals surface area contributed by atoms with Gasteiger partial charge in [0.15, 0.2) is 0 Å². The van der Waals surface area contributed by atoms with Gasteiger partial charge in [-0.2, -0.15) is 5.10 Å². The van der Waals surface area contributed by atoms with Crippen molar-refractivity contribution in [3.05, 3.63) is 46.5 Å². The monoisotopic (exact) mass is 275 g/mol. The van der Waals surface area contributed by atoms with Crippen molar-refractivity contribution in [2.24, 2.45) is 0 Å². The Hall–Kier alpha value is -1.68. The lowest BCUT2D eigenvalue weighted by Crippen LogP contribution is -2.09. The van der Waals surface area contributed by atoms with Crippen molar-refractivity contribution in [2.75, 3.05) is 13.6 Å². The van der Waals surface area contributed by atoms with Gasteiger partial charge < -0.3 is 5.32 Å². The highest BCUT2D eigenvalue weighted by molar-refractivity contribution is 5.43. The third-order valence-electron chi connectivity index (χ3n) is 3.68. The van der Waals surface area contributed by atoms with Crippen LogP contribution in [-0.2, 0) is 6.42 Å². The Morgan fingerprint density at radius 1 is 1.25 bits per heavy atom. The lowest BCUT2D eigenvalue weighted by Gasteiger charge is -2.09. The molecule has 1 heterocycles. The Morgan fingerprint density at radius 3 is 2.65 bits per heavy atom. The molecule has 1 N–H and O–H groups in total. The summed E-state index contributed by atoms with van der Waals surface area (Å²) in [4.78, 5) is 0. The van der Waals surface area contributed by atoms with E-state index < -0.39 is 0 Å². The average molecular weight is 275 g/mol. The van der Waals surface area contributed by atoms with Crippen molar-refractivity contribution in [3.63, 3.8) is 0 Å². The zero-order valence-corrected chi connectivity index (χ0v) is 12.6. The van der Waals surface area contributed by atoms with E-state index in [1.54, 1.807) is 12.1 Å². The summed E-state index contributed by atoms with van der Waals surface area (Å²) in [6.45, 7) is 7.03. The number of halogens is 1. The van der Waals surface area contributed by atoms with Gasteiger partial charge in [-0.15, -0.1) is 0 Å². The quantitative estimate of drug-likeness (QED) is 0.850. The normalized spacial score (nSPS) is 11.1. The molecule has 0 aliphatic rings. The molecular formula is C16H22FN3. The van der Waals surface area contributed by atoms with Crippen molar-refractivity contribution in [1.82, 2.24) is 15.1 Å². The summed E-state index contributed by atoms with van der Waals surface area (Å²) in [5.41, 5.74) is 5.35. The molecule has 0 saturated carbocycles. The summed E-state index contributed by atoms with van der Waals surface area (Å²) >= 11 is 0. The molecule has 0 amide bonds. The largest absolute Gasteiger partial charge is 0.320 e. The molecule has 2 rings (SSSR count). The first-order chi connectivity index (χ1) is 9.54. The number of nitrogens with one attached hydrogen (secondary N) is 1. The van der Waals surface area contributed by atoms with E-state index in [1.165, 1.54) is 11.6 Å². The fourth-order valence-electron chi connectivity index (χ4n) is 2.57. The second kappa shape index (κ2) is 6.18. The first-order valence-electron chi connectivity index (χ1n) is 7.00. The molecule has 0 fully saturated rings. The number of hydrogen-bond acceptors (Lipinski definition) is 2. The highest BCUT2D eigenvalue weighted by atomic mass is 19.1. The first kappa shape index (κ1) is 14.7. The van der Waals surface area contributed by atoms with Crippen LogP contribution in [0.4, 0.5) is 4.39 Å². The molecule has 0 saturated heterocycles. The van der Waals surface area contributed by atoms with Gasteiger partial charge in [0, 0.05) is 5.69 Å². The number of nitrogens with zero attached hydrogens (tertiary/aromatic N) is 2. The van der Waals surface area contributed by atoms with Crippen molar-refractivity contribution < 1.29 is 4.39 Å². The Morgan fingerprint density at radius 2 is 2.00 bits per heavy atom. The number of benzene rings is 1. The van der Waals surface area contributed by atoms with Crippen LogP contribution in [0.3, 0.4) is 0 Å². The van der Waals surface area contributed by atoms with Gasteiger partial charge in [0.05, 0.1) is 11.4 Å². The molecule has 4 heteroatoms. The molecule has 0 radical (unpaired) electrons. The van der Waals surface area contributed by atoms with E-state index >= 15 is 0 Å². The minimum absolute atomic E-state index is 0.206. The predicted molar refractivity (Wildman–Crippen MR) is 80.0 cm³/mol. The van der Waals surface area contributed by atoms with Crippen molar-refractivity contribution in [1.29, 1.82) is 0 Å². The highest BCUT2D eigenvalue weighted by Gasteiger charge is 2.13. The van der Waals surface area contributed by atoms with E-state index in [1.807, 2.05) is 25.6 Å². The van der Waals surface area contributed by atoms with Crippen LogP contribution >= 0.6 is 0 Å². The smallest absolute Gasteiger partial charge is 0.123 e. The molecule has 20 heavy (non-hydrogen) atoms. The number of rotatable bonds is 5. The number of aryl methyl sites for hydroxylation is 2. The summed E-state index contributed by atoms with van der Waals surface area (Å²) in [7, 11) is 1.96. The van der Waals surface area contributed by atoms with Gasteiger partial charge in [-0.1, -0.05) is 0 Å². The average Bonchev–Trinajstić information content (AvgIpc) is 2.67. The van der Waals surface area contributed by atoms with Crippen LogP contribution in [0, 0.1) is 26.6 Å². The van der Waals surface area contributed by atoms with E-state index in [4.69, 9.17) is 0 Å². The van der Waals surface area contributed by atoms with E-state index in [9.17, 15) is 4.39 Å². The molecule has 0 bridgehead atoms. The molecule has 0 aliphatic carbocycles. The van der Waals surface area contributed by atoms with Crippen LogP contribution in [0.1, 0.15) is 28.9 Å². The molecule has 108 valence electrons. The SMILES string of the molecule is CNCCCc1c(C)nn(-c2ccc(F)cc2C)c1C. The van der Waals surface area contributed by atoms with Crippen LogP contribution in [0.5, 0.6) is 0 Å². The Bertz CT molecular complexity index is 602. The van der Waals surface area contributed by atoms with Gasteiger partial charge >= 0.3 is 0 Å². The zero-order chi connectivity index (χ0) is 14.7. The molecule has 1 aromatic heterocycles. The maximum Gasteiger partial charge on any atom is 0.123 e. The molecule has 0 spiro atoms. The third kappa shape index (κ3) is 2.90. The molecule has 2 aromatic rings. The standard InChI is InChI=1S/C16H22FN3/c1-11-10-14(17)7-8-16(11)20-13(3)15(12(2)19-20)6-5-9-18-4/h7-8,10,18H,5-6,9H2,1-4H3. The minimum atomic E-state index is -0.206. The van der Waals surface area contributed by atoms with Gasteiger partial charge in [-0.25, -0.2) is 9.07 Å². The highest BCUT2D eigenvalue weighted by Crippen LogP contribution is 2.22. The summed E-state index contributed by atoms with van der Waals surface area (Å²) < 4.78 is 15.1. The third-order valence-corrected chi connectivity index (χ3v) is 3.68. The summed E-state index contributed by atoms with van der Waals surface area (Å²) in [5, 5.41) is 7.79. The molecule has 0 atom stereocenters. The molecule has 1 aromatic carbocycles. The summed E-state index contributed by atoms with van der Waals surface area (Å²) in [6.07, 6.45) is 2.10. The topological polar surface area (TPSA) is 29.9 Å². The first-order valence-corrected chi connectivity index (χ1v) is 7.00. The van der Waals surface area contributed by atoms with E-state index in [2.05, 4.69) is 17.3 Å². The summed E-state index contributed by atoms with van der Waals surface area (Å²) in [5.74, 6) is -0.206. The number of aromatic nitrogens is 2. The van der Waals surface area contributed by atoms with Crippen molar-refractivity contribution >= 4 is 0 Å². The lowest BCUT2D eigenvalue weighted by molar-refractivity contribution is 0.625. The summed E-state index contributed by atoms with van der Waals surface area (Å²) in [6, 6.07) is 4.83. The van der Waals surface area contributed by atoms with E-state index in [0.29, 0.717) is 0 Å². The van der Waals surface area contributed by atoms with Gasteiger partial charge in [0.2, 0.25) is 0 Å². The van der Waals surface area contributed by atoms with Crippen LogP contribution in [0.25, 0.3) is 5.69 Å². The maximum absolute atomic E-state index is 13.2. The van der Waals surface area contributed by atoms with Gasteiger partial charge in [-0.3, -0.25) is 0 Å². The van der Waals surface area contributed by atoms with Crippen LogP contribution < -0.4 is 5.32 Å². The van der Waals surface area contributed by atoms with E-state index in [0.717, 1.165) is 42.0 Å². The van der Waals surface area contributed by atoms with Crippen LogP contribution in [0.15, 0.2) is 18.2 Å². The minimum Gasteiger partial charge on any atom is -0.320 e. The second-order valence-corrected chi connectivity index (χ2v) is 5.20. The Balaban J connectivity index is 2.35. The van der Waals surface area contributed by atoms with Crippen molar-refractivity contribution in [2.45, 2.75) is 33.6 Å².